The first kappa shape index (κ1) is 9.90. The Hall–Kier alpha value is -0.640. The van der Waals surface area contributed by atoms with E-state index in [9.17, 15) is 4.39 Å². The maximum Gasteiger partial charge on any atom is 0.166 e. The molecule has 2 nitrogen and oxygen atoms in total. The number of anilines is 1. The SMILES string of the molecule is CC1(CNc2ncc(Br)cc2F)CC1. The van der Waals surface area contributed by atoms with Gasteiger partial charge in [-0.05, 0) is 40.3 Å². The Morgan fingerprint density at radius 2 is 2.36 bits per heavy atom. The molecule has 76 valence electrons. The molecule has 1 aliphatic rings. The number of hydrogen-bond acceptors (Lipinski definition) is 2. The van der Waals surface area contributed by atoms with Gasteiger partial charge < -0.3 is 5.32 Å². The summed E-state index contributed by atoms with van der Waals surface area (Å²) in [5.74, 6) is 0.0463. The number of aromatic nitrogens is 1. The van der Waals surface area contributed by atoms with Gasteiger partial charge in [0, 0.05) is 17.2 Å². The van der Waals surface area contributed by atoms with Gasteiger partial charge in [0.1, 0.15) is 0 Å². The molecule has 0 aromatic carbocycles. The quantitative estimate of drug-likeness (QED) is 0.901. The van der Waals surface area contributed by atoms with Crippen LogP contribution in [0.4, 0.5) is 10.2 Å². The molecule has 1 aromatic heterocycles. The van der Waals surface area contributed by atoms with Gasteiger partial charge in [0.05, 0.1) is 0 Å². The predicted octanol–water partition coefficient (Wildman–Crippen LogP) is 3.20. The molecule has 2 rings (SSSR count). The number of nitrogens with zero attached hydrogens (tertiary/aromatic N) is 1. The summed E-state index contributed by atoms with van der Waals surface area (Å²) in [4.78, 5) is 3.98. The van der Waals surface area contributed by atoms with Crippen molar-refractivity contribution >= 4 is 21.7 Å². The smallest absolute Gasteiger partial charge is 0.166 e. The third-order valence-electron chi connectivity index (χ3n) is 2.59. The summed E-state index contributed by atoms with van der Waals surface area (Å²) < 4.78 is 14.0. The van der Waals surface area contributed by atoms with Crippen molar-refractivity contribution in [1.82, 2.24) is 4.98 Å². The lowest BCUT2D eigenvalue weighted by Gasteiger charge is -2.10. The second kappa shape index (κ2) is 3.50. The molecular weight excluding hydrogens is 247 g/mol. The van der Waals surface area contributed by atoms with Gasteiger partial charge >= 0.3 is 0 Å². The normalized spacial score (nSPS) is 17.9. The molecule has 0 amide bonds. The fraction of sp³-hybridized carbons (Fsp3) is 0.500. The van der Waals surface area contributed by atoms with E-state index in [1.165, 1.54) is 18.9 Å². The minimum atomic E-state index is -0.302. The van der Waals surface area contributed by atoms with Crippen molar-refractivity contribution in [2.75, 3.05) is 11.9 Å². The van der Waals surface area contributed by atoms with Crippen LogP contribution in [0, 0.1) is 11.2 Å². The second-order valence-corrected chi connectivity index (χ2v) is 5.06. The number of pyridine rings is 1. The third-order valence-corrected chi connectivity index (χ3v) is 3.03. The molecule has 1 aliphatic carbocycles. The summed E-state index contributed by atoms with van der Waals surface area (Å²) in [6.07, 6.45) is 4.04. The molecule has 0 saturated heterocycles. The zero-order valence-corrected chi connectivity index (χ0v) is 9.57. The first-order valence-corrected chi connectivity index (χ1v) is 5.43. The van der Waals surface area contributed by atoms with Gasteiger partial charge in [-0.1, -0.05) is 6.92 Å². The Kier molecular flexibility index (Phi) is 2.47. The van der Waals surface area contributed by atoms with E-state index in [2.05, 4.69) is 33.2 Å². The number of rotatable bonds is 3. The van der Waals surface area contributed by atoms with Crippen molar-refractivity contribution in [1.29, 1.82) is 0 Å². The highest BCUT2D eigenvalue weighted by molar-refractivity contribution is 9.10. The van der Waals surface area contributed by atoms with Crippen LogP contribution in [-0.4, -0.2) is 11.5 Å². The van der Waals surface area contributed by atoms with E-state index in [0.29, 0.717) is 15.7 Å². The zero-order valence-electron chi connectivity index (χ0n) is 7.98. The third kappa shape index (κ3) is 2.23. The monoisotopic (exact) mass is 258 g/mol. The first-order chi connectivity index (χ1) is 6.59. The highest BCUT2D eigenvalue weighted by Crippen LogP contribution is 2.44. The van der Waals surface area contributed by atoms with Gasteiger partial charge in [0.2, 0.25) is 0 Å². The minimum absolute atomic E-state index is 0.302. The fourth-order valence-corrected chi connectivity index (χ4v) is 1.54. The van der Waals surface area contributed by atoms with E-state index in [0.717, 1.165) is 6.54 Å². The Bertz CT molecular complexity index is 350. The zero-order chi connectivity index (χ0) is 10.2. The number of hydrogen-bond donors (Lipinski definition) is 1. The predicted molar refractivity (Wildman–Crippen MR) is 57.7 cm³/mol. The molecule has 1 fully saturated rings. The van der Waals surface area contributed by atoms with E-state index in [4.69, 9.17) is 0 Å². The highest BCUT2D eigenvalue weighted by Gasteiger charge is 2.36. The van der Waals surface area contributed by atoms with Crippen LogP contribution >= 0.6 is 15.9 Å². The molecule has 1 aromatic rings. The van der Waals surface area contributed by atoms with Gasteiger partial charge in [-0.15, -0.1) is 0 Å². The average Bonchev–Trinajstić information content (AvgIpc) is 2.83. The summed E-state index contributed by atoms with van der Waals surface area (Å²) in [5, 5.41) is 3.04. The minimum Gasteiger partial charge on any atom is -0.367 e. The van der Waals surface area contributed by atoms with Crippen LogP contribution in [0.2, 0.25) is 0 Å². The molecule has 0 aliphatic heterocycles. The molecule has 0 spiro atoms. The summed E-state index contributed by atoms with van der Waals surface area (Å²) in [7, 11) is 0. The Balaban J connectivity index is 2.02. The van der Waals surface area contributed by atoms with E-state index in [-0.39, 0.29) is 5.82 Å². The lowest BCUT2D eigenvalue weighted by Crippen LogP contribution is -2.13. The average molecular weight is 259 g/mol. The van der Waals surface area contributed by atoms with Crippen LogP contribution in [0.5, 0.6) is 0 Å². The van der Waals surface area contributed by atoms with Crippen LogP contribution < -0.4 is 5.32 Å². The van der Waals surface area contributed by atoms with Crippen LogP contribution in [0.1, 0.15) is 19.8 Å². The molecular formula is C10H12BrFN2. The highest BCUT2D eigenvalue weighted by atomic mass is 79.9. The van der Waals surface area contributed by atoms with E-state index in [1.54, 1.807) is 6.20 Å². The van der Waals surface area contributed by atoms with E-state index >= 15 is 0 Å². The molecule has 14 heavy (non-hydrogen) atoms. The van der Waals surface area contributed by atoms with Gasteiger partial charge in [0.25, 0.3) is 0 Å². The van der Waals surface area contributed by atoms with Gasteiger partial charge in [-0.25, -0.2) is 9.37 Å². The molecule has 0 atom stereocenters. The molecule has 1 N–H and O–H groups in total. The van der Waals surface area contributed by atoms with Crippen molar-refractivity contribution in [3.63, 3.8) is 0 Å². The lowest BCUT2D eigenvalue weighted by atomic mass is 10.1. The van der Waals surface area contributed by atoms with Crippen LogP contribution in [0.15, 0.2) is 16.7 Å². The van der Waals surface area contributed by atoms with E-state index < -0.39 is 0 Å². The molecule has 1 saturated carbocycles. The summed E-state index contributed by atoms with van der Waals surface area (Å²) in [6, 6.07) is 1.42. The molecule has 0 bridgehead atoms. The van der Waals surface area contributed by atoms with Crippen LogP contribution in [0.25, 0.3) is 0 Å². The van der Waals surface area contributed by atoms with Gasteiger partial charge in [0.15, 0.2) is 11.6 Å². The maximum atomic E-state index is 13.3. The summed E-state index contributed by atoms with van der Waals surface area (Å²) >= 11 is 3.17. The van der Waals surface area contributed by atoms with Gasteiger partial charge in [-0.3, -0.25) is 0 Å². The number of halogens is 2. The molecule has 0 radical (unpaired) electrons. The van der Waals surface area contributed by atoms with Gasteiger partial charge in [-0.2, -0.15) is 0 Å². The topological polar surface area (TPSA) is 24.9 Å². The van der Waals surface area contributed by atoms with Crippen LogP contribution in [-0.2, 0) is 0 Å². The van der Waals surface area contributed by atoms with Crippen molar-refractivity contribution in [3.8, 4) is 0 Å². The Morgan fingerprint density at radius 3 is 2.93 bits per heavy atom. The Morgan fingerprint density at radius 1 is 1.64 bits per heavy atom. The largest absolute Gasteiger partial charge is 0.367 e. The molecule has 1 heterocycles. The van der Waals surface area contributed by atoms with Crippen molar-refractivity contribution in [3.05, 3.63) is 22.6 Å². The summed E-state index contributed by atoms with van der Waals surface area (Å²) in [6.45, 7) is 3.00. The first-order valence-electron chi connectivity index (χ1n) is 4.64. The van der Waals surface area contributed by atoms with Crippen LogP contribution in [0.3, 0.4) is 0 Å². The van der Waals surface area contributed by atoms with Crippen molar-refractivity contribution in [2.24, 2.45) is 5.41 Å². The summed E-state index contributed by atoms with van der Waals surface area (Å²) in [5.41, 5.74) is 0.362. The molecule has 0 unspecified atom stereocenters. The van der Waals surface area contributed by atoms with Crippen molar-refractivity contribution < 1.29 is 4.39 Å². The fourth-order valence-electron chi connectivity index (χ4n) is 1.23. The molecule has 4 heteroatoms. The van der Waals surface area contributed by atoms with Crippen molar-refractivity contribution in [2.45, 2.75) is 19.8 Å². The maximum absolute atomic E-state index is 13.3. The number of nitrogens with one attached hydrogen (secondary N) is 1. The second-order valence-electron chi connectivity index (χ2n) is 4.15. The van der Waals surface area contributed by atoms with E-state index in [1.807, 2.05) is 0 Å². The standard InChI is InChI=1S/C10H12BrFN2/c1-10(2-3-10)6-14-9-8(12)4-7(11)5-13-9/h4-5H,2-3,6H2,1H3,(H,13,14). The Labute approximate surface area is 91.1 Å². The lowest BCUT2D eigenvalue weighted by molar-refractivity contribution is 0.592.